The lowest BCUT2D eigenvalue weighted by molar-refractivity contribution is -0.155. The SMILES string of the molecule is CC(C)(C)OC(=O)N1C[C@H]2C[C@@]2(C(=O)OCC[Si](C)(C)C)C1=O. The number of esters is 1. The van der Waals surface area contributed by atoms with Crippen LogP contribution in [0.3, 0.4) is 0 Å². The summed E-state index contributed by atoms with van der Waals surface area (Å²) < 4.78 is 10.6. The van der Waals surface area contributed by atoms with E-state index in [1.54, 1.807) is 20.8 Å². The van der Waals surface area contributed by atoms with Gasteiger partial charge >= 0.3 is 12.1 Å². The van der Waals surface area contributed by atoms with Gasteiger partial charge in [0.1, 0.15) is 5.60 Å². The smallest absolute Gasteiger partial charge is 0.417 e. The van der Waals surface area contributed by atoms with Crippen molar-refractivity contribution >= 4 is 26.0 Å². The average Bonchev–Trinajstić information content (AvgIpc) is 3.00. The van der Waals surface area contributed by atoms with Gasteiger partial charge in [0, 0.05) is 20.5 Å². The van der Waals surface area contributed by atoms with Crippen LogP contribution in [-0.4, -0.2) is 49.7 Å². The Labute approximate surface area is 138 Å². The molecule has 2 atom stereocenters. The first-order chi connectivity index (χ1) is 10.4. The predicted octanol–water partition coefficient (Wildman–Crippen LogP) is 2.65. The zero-order valence-electron chi connectivity index (χ0n) is 14.9. The van der Waals surface area contributed by atoms with Crippen LogP contribution in [0.15, 0.2) is 0 Å². The number of piperidine rings is 1. The van der Waals surface area contributed by atoms with Gasteiger partial charge in [-0.3, -0.25) is 9.59 Å². The summed E-state index contributed by atoms with van der Waals surface area (Å²) >= 11 is 0. The van der Waals surface area contributed by atoms with E-state index in [0.717, 1.165) is 10.9 Å². The largest absolute Gasteiger partial charge is 0.465 e. The minimum absolute atomic E-state index is 0.123. The fourth-order valence-electron chi connectivity index (χ4n) is 2.75. The van der Waals surface area contributed by atoms with E-state index in [-0.39, 0.29) is 12.5 Å². The van der Waals surface area contributed by atoms with E-state index in [4.69, 9.17) is 9.47 Å². The van der Waals surface area contributed by atoms with Gasteiger partial charge in [-0.25, -0.2) is 9.69 Å². The van der Waals surface area contributed by atoms with Crippen LogP contribution >= 0.6 is 0 Å². The van der Waals surface area contributed by atoms with Crippen molar-refractivity contribution in [1.29, 1.82) is 0 Å². The van der Waals surface area contributed by atoms with E-state index in [1.165, 1.54) is 0 Å². The number of ether oxygens (including phenoxy) is 2. The van der Waals surface area contributed by atoms with Crippen molar-refractivity contribution in [2.45, 2.75) is 58.5 Å². The molecule has 1 aliphatic carbocycles. The number of carbonyl (C=O) groups is 3. The van der Waals surface area contributed by atoms with Crippen LogP contribution in [0.1, 0.15) is 27.2 Å². The third-order valence-corrected chi connectivity index (χ3v) is 5.90. The number of hydrogen-bond donors (Lipinski definition) is 0. The molecule has 0 radical (unpaired) electrons. The third-order valence-electron chi connectivity index (χ3n) is 4.20. The number of amides is 2. The quantitative estimate of drug-likeness (QED) is 0.446. The van der Waals surface area contributed by atoms with Crippen molar-refractivity contribution in [1.82, 2.24) is 4.90 Å². The molecular formula is C16H27NO5Si. The van der Waals surface area contributed by atoms with Gasteiger partial charge in [-0.1, -0.05) is 19.6 Å². The summed E-state index contributed by atoms with van der Waals surface area (Å²) in [6, 6.07) is 0.865. The molecule has 2 amide bonds. The molecule has 1 aliphatic heterocycles. The van der Waals surface area contributed by atoms with Gasteiger partial charge in [-0.15, -0.1) is 0 Å². The van der Waals surface area contributed by atoms with Crippen LogP contribution in [0.4, 0.5) is 4.79 Å². The van der Waals surface area contributed by atoms with E-state index in [9.17, 15) is 14.4 Å². The number of hydrogen-bond acceptors (Lipinski definition) is 5. The van der Waals surface area contributed by atoms with Crippen LogP contribution in [-0.2, 0) is 19.1 Å². The molecule has 0 aromatic carbocycles. The molecule has 1 heterocycles. The second-order valence-corrected chi connectivity index (χ2v) is 14.3. The Hall–Kier alpha value is -1.37. The maximum absolute atomic E-state index is 12.5. The van der Waals surface area contributed by atoms with Gasteiger partial charge in [0.25, 0.3) is 0 Å². The minimum Gasteiger partial charge on any atom is -0.465 e. The van der Waals surface area contributed by atoms with Crippen LogP contribution in [0, 0.1) is 11.3 Å². The van der Waals surface area contributed by atoms with E-state index >= 15 is 0 Å². The molecular weight excluding hydrogens is 314 g/mol. The van der Waals surface area contributed by atoms with Gasteiger partial charge in [0.05, 0.1) is 6.61 Å². The summed E-state index contributed by atoms with van der Waals surface area (Å²) in [4.78, 5) is 38.0. The van der Waals surface area contributed by atoms with Crippen molar-refractivity contribution in [3.63, 3.8) is 0 Å². The molecule has 2 rings (SSSR count). The molecule has 0 aromatic heterocycles. The van der Waals surface area contributed by atoms with Crippen LogP contribution in [0.2, 0.25) is 25.7 Å². The molecule has 130 valence electrons. The standard InChI is InChI=1S/C16H27NO5Si/c1-15(2,3)22-14(20)17-10-11-9-16(11,12(17)18)13(19)21-7-8-23(4,5)6/h11H,7-10H2,1-6H3/t11-,16+/m1/s1. The first-order valence-electron chi connectivity index (χ1n) is 8.09. The number of imide groups is 1. The summed E-state index contributed by atoms with van der Waals surface area (Å²) in [5.74, 6) is -1.06. The fraction of sp³-hybridized carbons (Fsp3) is 0.812. The number of rotatable bonds is 4. The molecule has 0 bridgehead atoms. The highest BCUT2D eigenvalue weighted by molar-refractivity contribution is 6.76. The fourth-order valence-corrected chi connectivity index (χ4v) is 3.46. The Morgan fingerprint density at radius 2 is 1.91 bits per heavy atom. The first-order valence-corrected chi connectivity index (χ1v) is 11.8. The minimum atomic E-state index is -1.30. The molecule has 1 saturated heterocycles. The van der Waals surface area contributed by atoms with Gasteiger partial charge < -0.3 is 9.47 Å². The van der Waals surface area contributed by atoms with E-state index < -0.39 is 37.1 Å². The Morgan fingerprint density at radius 3 is 2.43 bits per heavy atom. The molecule has 1 saturated carbocycles. The molecule has 0 aromatic rings. The Balaban J connectivity index is 1.96. The Kier molecular flexibility index (Phi) is 4.39. The van der Waals surface area contributed by atoms with Crippen molar-refractivity contribution in [2.24, 2.45) is 11.3 Å². The summed E-state index contributed by atoms with van der Waals surface area (Å²) in [6.07, 6.45) is -0.194. The highest BCUT2D eigenvalue weighted by Gasteiger charge is 2.73. The molecule has 6 nitrogen and oxygen atoms in total. The predicted molar refractivity (Wildman–Crippen MR) is 87.6 cm³/mol. The van der Waals surface area contributed by atoms with Gasteiger partial charge in [-0.2, -0.15) is 0 Å². The molecule has 0 N–H and O–H groups in total. The molecule has 0 spiro atoms. The van der Waals surface area contributed by atoms with Crippen LogP contribution in [0.5, 0.6) is 0 Å². The second-order valence-electron chi connectivity index (χ2n) is 8.72. The topological polar surface area (TPSA) is 72.9 Å². The normalized spacial score (nSPS) is 26.8. The molecule has 2 aliphatic rings. The molecule has 23 heavy (non-hydrogen) atoms. The zero-order chi connectivity index (χ0) is 17.6. The van der Waals surface area contributed by atoms with E-state index in [0.29, 0.717) is 13.0 Å². The molecule has 0 unspecified atom stereocenters. The lowest BCUT2D eigenvalue weighted by Crippen LogP contribution is -2.42. The van der Waals surface area contributed by atoms with Gasteiger partial charge in [0.15, 0.2) is 5.41 Å². The first kappa shape index (κ1) is 18.0. The summed E-state index contributed by atoms with van der Waals surface area (Å²) in [5.41, 5.74) is -1.80. The maximum Gasteiger partial charge on any atom is 0.417 e. The highest BCUT2D eigenvalue weighted by atomic mass is 28.3. The van der Waals surface area contributed by atoms with Crippen LogP contribution in [0.25, 0.3) is 0 Å². The van der Waals surface area contributed by atoms with Crippen molar-refractivity contribution in [3.05, 3.63) is 0 Å². The lowest BCUT2D eigenvalue weighted by Gasteiger charge is -2.25. The summed E-state index contributed by atoms with van der Waals surface area (Å²) in [7, 11) is -1.30. The highest BCUT2D eigenvalue weighted by Crippen LogP contribution is 2.59. The van der Waals surface area contributed by atoms with Crippen molar-refractivity contribution < 1.29 is 23.9 Å². The monoisotopic (exact) mass is 341 g/mol. The number of nitrogens with zero attached hydrogens (tertiary/aromatic N) is 1. The summed E-state index contributed by atoms with van der Waals surface area (Å²) in [6.45, 7) is 12.4. The zero-order valence-corrected chi connectivity index (χ0v) is 15.9. The van der Waals surface area contributed by atoms with E-state index in [2.05, 4.69) is 19.6 Å². The van der Waals surface area contributed by atoms with E-state index in [1.807, 2.05) is 0 Å². The number of carbonyl (C=O) groups excluding carboxylic acids is 3. The Morgan fingerprint density at radius 1 is 1.30 bits per heavy atom. The van der Waals surface area contributed by atoms with Crippen LogP contribution < -0.4 is 0 Å². The van der Waals surface area contributed by atoms with Crippen molar-refractivity contribution in [2.75, 3.05) is 13.2 Å². The Bertz CT molecular complexity index is 534. The lowest BCUT2D eigenvalue weighted by atomic mass is 10.1. The maximum atomic E-state index is 12.5. The molecule has 7 heteroatoms. The van der Waals surface area contributed by atoms with Crippen molar-refractivity contribution in [3.8, 4) is 0 Å². The van der Waals surface area contributed by atoms with Gasteiger partial charge in [0.2, 0.25) is 5.91 Å². The van der Waals surface area contributed by atoms with Gasteiger partial charge in [-0.05, 0) is 33.2 Å². The number of fused-ring (bicyclic) bond motifs is 1. The second kappa shape index (κ2) is 5.61. The number of likely N-dealkylation sites (tertiary alicyclic amines) is 1. The summed E-state index contributed by atoms with van der Waals surface area (Å²) in [5, 5.41) is 0. The molecule has 2 fully saturated rings. The average molecular weight is 341 g/mol. The third kappa shape index (κ3) is 3.76.